The minimum atomic E-state index is -0.427. The first-order valence-corrected chi connectivity index (χ1v) is 5.24. The van der Waals surface area contributed by atoms with Crippen LogP contribution in [0.4, 0.5) is 11.6 Å². The average molecular weight is 252 g/mol. The predicted molar refractivity (Wildman–Crippen MR) is 65.1 cm³/mol. The number of anilines is 2. The molecule has 0 aliphatic heterocycles. The van der Waals surface area contributed by atoms with Crippen LogP contribution in [0.25, 0.3) is 0 Å². The first-order valence-electron chi connectivity index (χ1n) is 4.86. The fraction of sp³-hybridized carbons (Fsp3) is 0.0909. The van der Waals surface area contributed by atoms with E-state index in [0.29, 0.717) is 16.4 Å². The molecule has 0 spiro atoms. The predicted octanol–water partition coefficient (Wildman–Crippen LogP) is 2.47. The SMILES string of the molecule is Cc1cc(NC(=O)c2c(N)cccc2Cl)on1. The van der Waals surface area contributed by atoms with Crippen LogP contribution in [-0.4, -0.2) is 11.1 Å². The van der Waals surface area contributed by atoms with E-state index in [1.54, 1.807) is 31.2 Å². The third-order valence-corrected chi connectivity index (χ3v) is 2.45. The highest BCUT2D eigenvalue weighted by atomic mass is 35.5. The molecule has 1 amide bonds. The standard InChI is InChI=1S/C11H10ClN3O2/c1-6-5-9(17-15-6)14-11(16)10-7(12)3-2-4-8(10)13/h2-5H,13H2,1H3,(H,14,16). The molecule has 6 heteroatoms. The molecule has 1 aromatic heterocycles. The van der Waals surface area contributed by atoms with Crippen molar-refractivity contribution < 1.29 is 9.32 Å². The Kier molecular flexibility index (Phi) is 3.01. The number of aromatic nitrogens is 1. The topological polar surface area (TPSA) is 81.2 Å². The molecular formula is C11H10ClN3O2. The van der Waals surface area contributed by atoms with Crippen molar-refractivity contribution in [1.82, 2.24) is 5.16 Å². The van der Waals surface area contributed by atoms with Crippen molar-refractivity contribution in [3.63, 3.8) is 0 Å². The molecule has 1 heterocycles. The summed E-state index contributed by atoms with van der Waals surface area (Å²) in [6, 6.07) is 6.48. The van der Waals surface area contributed by atoms with Crippen molar-refractivity contribution in [3.05, 3.63) is 40.5 Å². The Balaban J connectivity index is 2.26. The molecule has 0 saturated carbocycles. The molecule has 0 aliphatic carbocycles. The number of nitrogens with two attached hydrogens (primary N) is 1. The number of nitrogens with one attached hydrogen (secondary N) is 1. The second-order valence-electron chi connectivity index (χ2n) is 3.49. The van der Waals surface area contributed by atoms with E-state index in [1.165, 1.54) is 0 Å². The van der Waals surface area contributed by atoms with Crippen LogP contribution < -0.4 is 11.1 Å². The van der Waals surface area contributed by atoms with E-state index in [2.05, 4.69) is 10.5 Å². The van der Waals surface area contributed by atoms with Gasteiger partial charge in [0.15, 0.2) is 0 Å². The summed E-state index contributed by atoms with van der Waals surface area (Å²) in [4.78, 5) is 11.9. The molecule has 0 aliphatic rings. The monoisotopic (exact) mass is 251 g/mol. The number of rotatable bonds is 2. The summed E-state index contributed by atoms with van der Waals surface area (Å²) in [5.41, 5.74) is 6.90. The summed E-state index contributed by atoms with van der Waals surface area (Å²) in [6.07, 6.45) is 0. The lowest BCUT2D eigenvalue weighted by molar-refractivity contribution is 0.102. The van der Waals surface area contributed by atoms with Crippen LogP contribution in [0.15, 0.2) is 28.8 Å². The highest BCUT2D eigenvalue weighted by molar-refractivity contribution is 6.35. The van der Waals surface area contributed by atoms with Crippen LogP contribution in [0.5, 0.6) is 0 Å². The number of hydrogen-bond donors (Lipinski definition) is 2. The maximum atomic E-state index is 11.9. The van der Waals surface area contributed by atoms with Crippen LogP contribution >= 0.6 is 11.6 Å². The number of hydrogen-bond acceptors (Lipinski definition) is 4. The van der Waals surface area contributed by atoms with E-state index in [-0.39, 0.29) is 11.4 Å². The maximum absolute atomic E-state index is 11.9. The summed E-state index contributed by atoms with van der Waals surface area (Å²) < 4.78 is 4.87. The van der Waals surface area contributed by atoms with Gasteiger partial charge in [0, 0.05) is 11.8 Å². The van der Waals surface area contributed by atoms with Crippen molar-refractivity contribution >= 4 is 29.1 Å². The first-order chi connectivity index (χ1) is 8.08. The normalized spacial score (nSPS) is 10.2. The van der Waals surface area contributed by atoms with E-state index in [1.807, 2.05) is 0 Å². The fourth-order valence-corrected chi connectivity index (χ4v) is 1.64. The molecule has 0 atom stereocenters. The van der Waals surface area contributed by atoms with E-state index in [4.69, 9.17) is 21.9 Å². The summed E-state index contributed by atoms with van der Waals surface area (Å²) in [6.45, 7) is 1.75. The Hall–Kier alpha value is -2.01. The Labute approximate surface area is 103 Å². The van der Waals surface area contributed by atoms with Crippen LogP contribution in [0, 0.1) is 6.92 Å². The smallest absolute Gasteiger partial charge is 0.261 e. The summed E-state index contributed by atoms with van der Waals surface area (Å²) in [5.74, 6) is -0.170. The third kappa shape index (κ3) is 2.39. The lowest BCUT2D eigenvalue weighted by atomic mass is 10.1. The molecule has 3 N–H and O–H groups in total. The van der Waals surface area contributed by atoms with Crippen molar-refractivity contribution in [2.24, 2.45) is 0 Å². The van der Waals surface area contributed by atoms with Crippen molar-refractivity contribution in [2.45, 2.75) is 6.92 Å². The third-order valence-electron chi connectivity index (χ3n) is 2.14. The molecule has 0 bridgehead atoms. The van der Waals surface area contributed by atoms with Crippen LogP contribution in [0.2, 0.25) is 5.02 Å². The zero-order chi connectivity index (χ0) is 12.4. The molecular weight excluding hydrogens is 242 g/mol. The van der Waals surface area contributed by atoms with Crippen molar-refractivity contribution in [2.75, 3.05) is 11.1 Å². The lowest BCUT2D eigenvalue weighted by Gasteiger charge is -2.06. The highest BCUT2D eigenvalue weighted by Gasteiger charge is 2.15. The number of aryl methyl sites for hydroxylation is 1. The van der Waals surface area contributed by atoms with E-state index >= 15 is 0 Å². The first kappa shape index (κ1) is 11.5. The zero-order valence-corrected chi connectivity index (χ0v) is 9.78. The van der Waals surface area contributed by atoms with E-state index < -0.39 is 5.91 Å². The maximum Gasteiger partial charge on any atom is 0.261 e. The van der Waals surface area contributed by atoms with Gasteiger partial charge in [0.25, 0.3) is 5.91 Å². The van der Waals surface area contributed by atoms with Gasteiger partial charge >= 0.3 is 0 Å². The minimum Gasteiger partial charge on any atom is -0.398 e. The Bertz CT molecular complexity index is 545. The highest BCUT2D eigenvalue weighted by Crippen LogP contribution is 2.23. The molecule has 1 aromatic carbocycles. The molecule has 0 unspecified atom stereocenters. The molecule has 88 valence electrons. The van der Waals surface area contributed by atoms with Crippen LogP contribution in [0.3, 0.4) is 0 Å². The molecule has 0 radical (unpaired) electrons. The van der Waals surface area contributed by atoms with Crippen LogP contribution in [-0.2, 0) is 0 Å². The van der Waals surface area contributed by atoms with Crippen molar-refractivity contribution in [1.29, 1.82) is 0 Å². The molecule has 2 rings (SSSR count). The van der Waals surface area contributed by atoms with E-state index in [0.717, 1.165) is 0 Å². The van der Waals surface area contributed by atoms with Gasteiger partial charge in [-0.15, -0.1) is 0 Å². The number of nitrogens with zero attached hydrogens (tertiary/aromatic N) is 1. The van der Waals surface area contributed by atoms with Gasteiger partial charge in [0.2, 0.25) is 5.88 Å². The number of halogens is 1. The molecule has 0 fully saturated rings. The zero-order valence-electron chi connectivity index (χ0n) is 9.03. The number of amides is 1. The quantitative estimate of drug-likeness (QED) is 0.804. The van der Waals surface area contributed by atoms with Gasteiger partial charge in [-0.05, 0) is 19.1 Å². The second-order valence-corrected chi connectivity index (χ2v) is 3.90. The van der Waals surface area contributed by atoms with Gasteiger partial charge in [0.1, 0.15) is 0 Å². The Morgan fingerprint density at radius 2 is 2.29 bits per heavy atom. The van der Waals surface area contributed by atoms with Gasteiger partial charge in [-0.25, -0.2) is 0 Å². The van der Waals surface area contributed by atoms with Crippen molar-refractivity contribution in [3.8, 4) is 0 Å². The van der Waals surface area contributed by atoms with Gasteiger partial charge in [-0.2, -0.15) is 0 Å². The van der Waals surface area contributed by atoms with Gasteiger partial charge in [-0.1, -0.05) is 22.8 Å². The Morgan fingerprint density at radius 1 is 1.53 bits per heavy atom. The Morgan fingerprint density at radius 3 is 2.88 bits per heavy atom. The molecule has 0 saturated heterocycles. The van der Waals surface area contributed by atoms with E-state index in [9.17, 15) is 4.79 Å². The van der Waals surface area contributed by atoms with Gasteiger partial charge < -0.3 is 10.3 Å². The van der Waals surface area contributed by atoms with Crippen LogP contribution in [0.1, 0.15) is 16.1 Å². The number of carbonyl (C=O) groups excluding carboxylic acids is 1. The van der Waals surface area contributed by atoms with Gasteiger partial charge in [0.05, 0.1) is 16.3 Å². The van der Waals surface area contributed by atoms with Gasteiger partial charge in [-0.3, -0.25) is 10.1 Å². The average Bonchev–Trinajstić information content (AvgIpc) is 2.63. The number of nitrogen functional groups attached to an aromatic ring is 1. The molecule has 2 aromatic rings. The molecule has 5 nitrogen and oxygen atoms in total. The fourth-order valence-electron chi connectivity index (χ4n) is 1.38. The summed E-state index contributed by atoms with van der Waals surface area (Å²) in [5, 5.41) is 6.47. The molecule has 17 heavy (non-hydrogen) atoms. The largest absolute Gasteiger partial charge is 0.398 e. The number of carbonyl (C=O) groups is 1. The summed E-state index contributed by atoms with van der Waals surface area (Å²) in [7, 11) is 0. The lowest BCUT2D eigenvalue weighted by Crippen LogP contribution is -2.14. The summed E-state index contributed by atoms with van der Waals surface area (Å²) >= 11 is 5.91. The second kappa shape index (κ2) is 4.47. The number of benzene rings is 1. The minimum absolute atomic E-state index is 0.225.